The van der Waals surface area contributed by atoms with E-state index in [1.807, 2.05) is 36.0 Å². The van der Waals surface area contributed by atoms with Crippen molar-refractivity contribution in [2.75, 3.05) is 5.73 Å². The average molecular weight is 256 g/mol. The summed E-state index contributed by atoms with van der Waals surface area (Å²) in [7, 11) is 1.95. The maximum Gasteiger partial charge on any atom is 0.181 e. The Kier molecular flexibility index (Phi) is 2.60. The zero-order chi connectivity index (χ0) is 12.5. The van der Waals surface area contributed by atoms with Gasteiger partial charge in [0.15, 0.2) is 11.0 Å². The molecule has 0 fully saturated rings. The van der Waals surface area contributed by atoms with Gasteiger partial charge in [0.1, 0.15) is 5.69 Å². The van der Waals surface area contributed by atoms with Crippen LogP contribution in [0.2, 0.25) is 0 Å². The third kappa shape index (κ3) is 1.78. The van der Waals surface area contributed by atoms with Gasteiger partial charge in [-0.2, -0.15) is 0 Å². The highest BCUT2D eigenvalue weighted by atomic mass is 32.1. The standard InChI is InChI=1S/C13H12N4S/c1-17-8-7-15-12(17)10-11(18-13(14)16-10)9-5-3-2-4-6-9/h2-8H,1H3,(H2,14,16). The fourth-order valence-corrected chi connectivity index (χ4v) is 2.70. The van der Waals surface area contributed by atoms with E-state index in [9.17, 15) is 0 Å². The molecule has 3 rings (SSSR count). The number of rotatable bonds is 2. The van der Waals surface area contributed by atoms with Crippen molar-refractivity contribution in [2.45, 2.75) is 0 Å². The number of aryl methyl sites for hydroxylation is 1. The lowest BCUT2D eigenvalue weighted by atomic mass is 10.1. The van der Waals surface area contributed by atoms with E-state index in [1.54, 1.807) is 6.20 Å². The maximum absolute atomic E-state index is 5.84. The highest BCUT2D eigenvalue weighted by molar-refractivity contribution is 7.19. The molecular weight excluding hydrogens is 244 g/mol. The second kappa shape index (κ2) is 4.27. The summed E-state index contributed by atoms with van der Waals surface area (Å²) in [5.74, 6) is 0.835. The lowest BCUT2D eigenvalue weighted by Crippen LogP contribution is -1.93. The van der Waals surface area contributed by atoms with Gasteiger partial charge in [-0.25, -0.2) is 9.97 Å². The summed E-state index contributed by atoms with van der Waals surface area (Å²) >= 11 is 1.49. The molecule has 0 amide bonds. The molecule has 0 aliphatic carbocycles. The Labute approximate surface area is 109 Å². The molecule has 3 aromatic rings. The summed E-state index contributed by atoms with van der Waals surface area (Å²) in [6.45, 7) is 0. The number of nitrogens with two attached hydrogens (primary N) is 1. The van der Waals surface area contributed by atoms with Gasteiger partial charge in [-0.05, 0) is 5.56 Å². The second-order valence-electron chi connectivity index (χ2n) is 3.96. The van der Waals surface area contributed by atoms with Crippen LogP contribution in [0.4, 0.5) is 5.13 Å². The van der Waals surface area contributed by atoms with Crippen LogP contribution in [-0.2, 0) is 7.05 Å². The molecule has 0 radical (unpaired) electrons. The van der Waals surface area contributed by atoms with Gasteiger partial charge in [0.2, 0.25) is 0 Å². The van der Waals surface area contributed by atoms with Crippen LogP contribution >= 0.6 is 11.3 Å². The highest BCUT2D eigenvalue weighted by Gasteiger charge is 2.16. The van der Waals surface area contributed by atoms with Gasteiger partial charge >= 0.3 is 0 Å². The van der Waals surface area contributed by atoms with E-state index >= 15 is 0 Å². The van der Waals surface area contributed by atoms with Crippen LogP contribution in [0.5, 0.6) is 0 Å². The summed E-state index contributed by atoms with van der Waals surface area (Å²) in [4.78, 5) is 9.80. The molecule has 0 saturated carbocycles. The molecule has 4 nitrogen and oxygen atoms in total. The summed E-state index contributed by atoms with van der Waals surface area (Å²) in [5, 5.41) is 0.562. The number of imidazole rings is 1. The van der Waals surface area contributed by atoms with Crippen LogP contribution in [0.15, 0.2) is 42.7 Å². The van der Waals surface area contributed by atoms with Gasteiger partial charge in [-0.3, -0.25) is 0 Å². The smallest absolute Gasteiger partial charge is 0.181 e. The van der Waals surface area contributed by atoms with Crippen molar-refractivity contribution in [3.63, 3.8) is 0 Å². The number of aromatic nitrogens is 3. The topological polar surface area (TPSA) is 56.7 Å². The number of nitrogens with zero attached hydrogens (tertiary/aromatic N) is 3. The number of hydrogen-bond acceptors (Lipinski definition) is 4. The highest BCUT2D eigenvalue weighted by Crippen LogP contribution is 2.36. The molecule has 0 saturated heterocycles. The van der Waals surface area contributed by atoms with Crippen molar-refractivity contribution in [2.24, 2.45) is 7.05 Å². The van der Waals surface area contributed by atoms with Gasteiger partial charge in [0, 0.05) is 19.4 Å². The largest absolute Gasteiger partial charge is 0.375 e. The molecule has 90 valence electrons. The molecule has 18 heavy (non-hydrogen) atoms. The Morgan fingerprint density at radius 1 is 1.22 bits per heavy atom. The molecule has 5 heteroatoms. The van der Waals surface area contributed by atoms with Crippen LogP contribution in [0.3, 0.4) is 0 Å². The van der Waals surface area contributed by atoms with Crippen molar-refractivity contribution < 1.29 is 0 Å². The normalized spacial score (nSPS) is 10.7. The van der Waals surface area contributed by atoms with E-state index in [0.29, 0.717) is 5.13 Å². The zero-order valence-corrected chi connectivity index (χ0v) is 10.7. The lowest BCUT2D eigenvalue weighted by Gasteiger charge is -2.02. The zero-order valence-electron chi connectivity index (χ0n) is 9.87. The van der Waals surface area contributed by atoms with Crippen molar-refractivity contribution in [3.8, 4) is 22.0 Å². The Balaban J connectivity index is 2.20. The van der Waals surface area contributed by atoms with E-state index in [-0.39, 0.29) is 0 Å². The number of anilines is 1. The van der Waals surface area contributed by atoms with Gasteiger partial charge in [-0.1, -0.05) is 41.7 Å². The fourth-order valence-electron chi connectivity index (χ4n) is 1.87. The number of benzene rings is 1. The first-order valence-electron chi connectivity index (χ1n) is 5.55. The first kappa shape index (κ1) is 11.0. The van der Waals surface area contributed by atoms with Crippen LogP contribution in [0.1, 0.15) is 0 Å². The van der Waals surface area contributed by atoms with Crippen LogP contribution in [0.25, 0.3) is 22.0 Å². The van der Waals surface area contributed by atoms with E-state index in [2.05, 4.69) is 22.1 Å². The molecule has 0 atom stereocenters. The molecule has 2 N–H and O–H groups in total. The molecule has 1 aromatic carbocycles. The Morgan fingerprint density at radius 3 is 2.67 bits per heavy atom. The van der Waals surface area contributed by atoms with E-state index in [0.717, 1.165) is 22.0 Å². The van der Waals surface area contributed by atoms with Crippen molar-refractivity contribution >= 4 is 16.5 Å². The molecule has 0 unspecified atom stereocenters. The summed E-state index contributed by atoms with van der Waals surface area (Å²) in [6, 6.07) is 10.1. The minimum absolute atomic E-state index is 0.562. The molecule has 0 aliphatic rings. The maximum atomic E-state index is 5.84. The quantitative estimate of drug-likeness (QED) is 0.767. The molecular formula is C13H12N4S. The Hall–Kier alpha value is -2.14. The first-order valence-corrected chi connectivity index (χ1v) is 6.37. The van der Waals surface area contributed by atoms with Gasteiger partial charge in [0.25, 0.3) is 0 Å². The predicted octanol–water partition coefficient (Wildman–Crippen LogP) is 2.79. The van der Waals surface area contributed by atoms with Crippen molar-refractivity contribution in [1.82, 2.24) is 14.5 Å². The molecule has 2 heterocycles. The fraction of sp³-hybridized carbons (Fsp3) is 0.0769. The second-order valence-corrected chi connectivity index (χ2v) is 4.99. The number of hydrogen-bond donors (Lipinski definition) is 1. The monoisotopic (exact) mass is 256 g/mol. The summed E-state index contributed by atoms with van der Waals surface area (Å²) in [6.07, 6.45) is 3.67. The minimum Gasteiger partial charge on any atom is -0.375 e. The van der Waals surface area contributed by atoms with E-state index in [4.69, 9.17) is 5.73 Å². The summed E-state index contributed by atoms with van der Waals surface area (Å²) in [5.41, 5.74) is 7.80. The van der Waals surface area contributed by atoms with Gasteiger partial charge in [-0.15, -0.1) is 0 Å². The average Bonchev–Trinajstić information content (AvgIpc) is 2.96. The van der Waals surface area contributed by atoms with Crippen LogP contribution < -0.4 is 5.73 Å². The number of thiazole rings is 1. The first-order chi connectivity index (χ1) is 8.75. The third-order valence-electron chi connectivity index (χ3n) is 2.71. The van der Waals surface area contributed by atoms with E-state index in [1.165, 1.54) is 11.3 Å². The molecule has 0 spiro atoms. The SMILES string of the molecule is Cn1ccnc1-c1nc(N)sc1-c1ccccc1. The number of nitrogen functional groups attached to an aromatic ring is 1. The van der Waals surface area contributed by atoms with Gasteiger partial charge < -0.3 is 10.3 Å². The van der Waals surface area contributed by atoms with E-state index < -0.39 is 0 Å². The molecule has 0 aliphatic heterocycles. The minimum atomic E-state index is 0.562. The van der Waals surface area contributed by atoms with Crippen LogP contribution in [-0.4, -0.2) is 14.5 Å². The predicted molar refractivity (Wildman–Crippen MR) is 74.2 cm³/mol. The van der Waals surface area contributed by atoms with Gasteiger partial charge in [0.05, 0.1) is 4.88 Å². The van der Waals surface area contributed by atoms with Crippen molar-refractivity contribution in [1.29, 1.82) is 0 Å². The lowest BCUT2D eigenvalue weighted by molar-refractivity contribution is 0.920. The Morgan fingerprint density at radius 2 is 2.00 bits per heavy atom. The molecule has 2 aromatic heterocycles. The summed E-state index contributed by atoms with van der Waals surface area (Å²) < 4.78 is 1.95. The van der Waals surface area contributed by atoms with Crippen molar-refractivity contribution in [3.05, 3.63) is 42.7 Å². The Bertz CT molecular complexity index is 669. The molecule has 0 bridgehead atoms. The van der Waals surface area contributed by atoms with Crippen LogP contribution in [0, 0.1) is 0 Å². The third-order valence-corrected chi connectivity index (χ3v) is 3.65.